The SMILES string of the molecule is Cc1ccc(C(=O)NC(=S)N2CCNC(=O)C2CC(=O)OC(C)C)cc1. The molecule has 1 fully saturated rings. The van der Waals surface area contributed by atoms with Crippen molar-refractivity contribution in [1.82, 2.24) is 15.5 Å². The second kappa shape index (κ2) is 8.75. The third-order valence-electron chi connectivity index (χ3n) is 3.85. The monoisotopic (exact) mass is 377 g/mol. The van der Waals surface area contributed by atoms with Crippen molar-refractivity contribution < 1.29 is 19.1 Å². The minimum atomic E-state index is -0.805. The van der Waals surface area contributed by atoms with Gasteiger partial charge in [0, 0.05) is 18.7 Å². The third-order valence-corrected chi connectivity index (χ3v) is 4.19. The van der Waals surface area contributed by atoms with Gasteiger partial charge in [0.25, 0.3) is 5.91 Å². The molecule has 0 saturated carbocycles. The zero-order valence-corrected chi connectivity index (χ0v) is 15.9. The summed E-state index contributed by atoms with van der Waals surface area (Å²) in [6.07, 6.45) is -0.402. The molecule has 1 aromatic carbocycles. The van der Waals surface area contributed by atoms with E-state index in [4.69, 9.17) is 17.0 Å². The largest absolute Gasteiger partial charge is 0.463 e. The number of thiocarbonyl (C=S) groups is 1. The van der Waals surface area contributed by atoms with Crippen molar-refractivity contribution in [3.05, 3.63) is 35.4 Å². The number of ether oxygens (including phenoxy) is 1. The van der Waals surface area contributed by atoms with Crippen molar-refractivity contribution in [2.24, 2.45) is 0 Å². The van der Waals surface area contributed by atoms with Gasteiger partial charge >= 0.3 is 5.97 Å². The zero-order chi connectivity index (χ0) is 19.3. The van der Waals surface area contributed by atoms with Gasteiger partial charge < -0.3 is 15.0 Å². The summed E-state index contributed by atoms with van der Waals surface area (Å²) in [7, 11) is 0. The standard InChI is InChI=1S/C18H23N3O4S/c1-11(2)25-15(22)10-14-17(24)19-8-9-21(14)18(26)20-16(23)13-6-4-12(3)5-7-13/h4-7,11,14H,8-10H2,1-3H3,(H,19,24)(H,20,23,26). The molecule has 2 amide bonds. The number of carbonyl (C=O) groups is 3. The van der Waals surface area contributed by atoms with Crippen molar-refractivity contribution in [2.75, 3.05) is 13.1 Å². The number of esters is 1. The number of nitrogens with one attached hydrogen (secondary N) is 2. The van der Waals surface area contributed by atoms with Crippen LogP contribution in [-0.2, 0) is 14.3 Å². The van der Waals surface area contributed by atoms with E-state index in [9.17, 15) is 14.4 Å². The van der Waals surface area contributed by atoms with Gasteiger partial charge in [-0.25, -0.2) is 0 Å². The van der Waals surface area contributed by atoms with Gasteiger partial charge in [-0.05, 0) is 45.1 Å². The number of benzene rings is 1. The van der Waals surface area contributed by atoms with E-state index < -0.39 is 12.0 Å². The molecule has 140 valence electrons. The summed E-state index contributed by atoms with van der Waals surface area (Å²) in [5.74, 6) is -1.16. The maximum Gasteiger partial charge on any atom is 0.308 e. The van der Waals surface area contributed by atoms with E-state index in [-0.39, 0.29) is 29.5 Å². The molecule has 1 aromatic rings. The number of nitrogens with zero attached hydrogens (tertiary/aromatic N) is 1. The van der Waals surface area contributed by atoms with Gasteiger partial charge in [-0.2, -0.15) is 0 Å². The Morgan fingerprint density at radius 2 is 2.00 bits per heavy atom. The molecule has 2 N–H and O–H groups in total. The van der Waals surface area contributed by atoms with E-state index >= 15 is 0 Å². The number of rotatable bonds is 4. The van der Waals surface area contributed by atoms with Crippen LogP contribution in [0.5, 0.6) is 0 Å². The van der Waals surface area contributed by atoms with Crippen LogP contribution in [0.2, 0.25) is 0 Å². The Morgan fingerprint density at radius 3 is 2.62 bits per heavy atom. The van der Waals surface area contributed by atoms with Crippen LogP contribution in [0.4, 0.5) is 0 Å². The summed E-state index contributed by atoms with van der Waals surface area (Å²) < 4.78 is 5.11. The van der Waals surface area contributed by atoms with Gasteiger partial charge in [0.05, 0.1) is 12.5 Å². The van der Waals surface area contributed by atoms with E-state index in [2.05, 4.69) is 10.6 Å². The second-order valence-electron chi connectivity index (χ2n) is 6.37. The van der Waals surface area contributed by atoms with E-state index in [1.54, 1.807) is 30.9 Å². The highest BCUT2D eigenvalue weighted by Gasteiger charge is 2.34. The molecule has 0 aliphatic carbocycles. The Morgan fingerprint density at radius 1 is 1.35 bits per heavy atom. The predicted molar refractivity (Wildman–Crippen MR) is 101 cm³/mol. The maximum atomic E-state index is 12.3. The number of hydrogen-bond donors (Lipinski definition) is 2. The molecule has 0 spiro atoms. The number of amides is 2. The number of hydrogen-bond acceptors (Lipinski definition) is 5. The topological polar surface area (TPSA) is 87.7 Å². The number of piperazine rings is 1. The Balaban J connectivity index is 2.06. The summed E-state index contributed by atoms with van der Waals surface area (Å²) in [6.45, 7) is 6.19. The predicted octanol–water partition coefficient (Wildman–Crippen LogP) is 1.15. The van der Waals surface area contributed by atoms with E-state index in [0.717, 1.165) is 5.56 Å². The maximum absolute atomic E-state index is 12.3. The first-order valence-corrected chi connectivity index (χ1v) is 8.84. The minimum absolute atomic E-state index is 0.118. The summed E-state index contributed by atoms with van der Waals surface area (Å²) in [4.78, 5) is 38.0. The van der Waals surface area contributed by atoms with Crippen LogP contribution in [0.25, 0.3) is 0 Å². The molecule has 1 saturated heterocycles. The van der Waals surface area contributed by atoms with Crippen molar-refractivity contribution in [3.8, 4) is 0 Å². The van der Waals surface area contributed by atoms with Crippen molar-refractivity contribution in [3.63, 3.8) is 0 Å². The quantitative estimate of drug-likeness (QED) is 0.605. The normalized spacial score (nSPS) is 16.8. The van der Waals surface area contributed by atoms with Crippen LogP contribution in [0.1, 0.15) is 36.2 Å². The van der Waals surface area contributed by atoms with Crippen LogP contribution < -0.4 is 10.6 Å². The molecule has 0 aromatic heterocycles. The molecule has 2 rings (SSSR count). The molecule has 7 nitrogen and oxygen atoms in total. The Labute approximate surface area is 158 Å². The number of carbonyl (C=O) groups excluding carboxylic acids is 3. The van der Waals surface area contributed by atoms with Crippen molar-refractivity contribution in [1.29, 1.82) is 0 Å². The molecule has 0 bridgehead atoms. The average Bonchev–Trinajstić information content (AvgIpc) is 2.56. The molecular formula is C18H23N3O4S. The van der Waals surface area contributed by atoms with Crippen molar-refractivity contribution >= 4 is 35.1 Å². The molecule has 1 aliphatic heterocycles. The zero-order valence-electron chi connectivity index (χ0n) is 15.1. The van der Waals surface area contributed by atoms with E-state index in [1.807, 2.05) is 19.1 Å². The highest BCUT2D eigenvalue weighted by Crippen LogP contribution is 2.12. The van der Waals surface area contributed by atoms with Crippen LogP contribution in [-0.4, -0.2) is 53.0 Å². The lowest BCUT2D eigenvalue weighted by Crippen LogP contribution is -2.60. The average molecular weight is 377 g/mol. The van der Waals surface area contributed by atoms with Gasteiger partial charge in [0.15, 0.2) is 5.11 Å². The van der Waals surface area contributed by atoms with Crippen LogP contribution in [0.15, 0.2) is 24.3 Å². The molecule has 8 heteroatoms. The Hall–Kier alpha value is -2.48. The summed E-state index contributed by atoms with van der Waals surface area (Å²) in [6, 6.07) is 6.26. The van der Waals surface area contributed by atoms with Crippen molar-refractivity contribution in [2.45, 2.75) is 39.3 Å². The van der Waals surface area contributed by atoms with Crippen LogP contribution >= 0.6 is 12.2 Å². The molecule has 1 unspecified atom stereocenters. The van der Waals surface area contributed by atoms with Gasteiger partial charge in [-0.1, -0.05) is 17.7 Å². The van der Waals surface area contributed by atoms with Gasteiger partial charge in [-0.3, -0.25) is 19.7 Å². The van der Waals surface area contributed by atoms with Gasteiger partial charge in [-0.15, -0.1) is 0 Å². The second-order valence-corrected chi connectivity index (χ2v) is 6.75. The highest BCUT2D eigenvalue weighted by atomic mass is 32.1. The van der Waals surface area contributed by atoms with E-state index in [1.165, 1.54) is 0 Å². The Bertz CT molecular complexity index is 703. The number of aryl methyl sites for hydroxylation is 1. The fourth-order valence-corrected chi connectivity index (χ4v) is 2.89. The first-order valence-electron chi connectivity index (χ1n) is 8.43. The van der Waals surface area contributed by atoms with Crippen LogP contribution in [0.3, 0.4) is 0 Å². The molecule has 0 radical (unpaired) electrons. The van der Waals surface area contributed by atoms with Gasteiger partial charge in [0.2, 0.25) is 5.91 Å². The summed E-state index contributed by atoms with van der Waals surface area (Å²) >= 11 is 5.31. The first kappa shape index (κ1) is 19.8. The van der Waals surface area contributed by atoms with Gasteiger partial charge in [0.1, 0.15) is 6.04 Å². The lowest BCUT2D eigenvalue weighted by molar-refractivity contribution is -0.150. The third kappa shape index (κ3) is 5.26. The molecular weight excluding hydrogens is 354 g/mol. The summed E-state index contributed by atoms with van der Waals surface area (Å²) in [5.41, 5.74) is 1.51. The summed E-state index contributed by atoms with van der Waals surface area (Å²) in [5, 5.41) is 5.46. The molecule has 1 atom stereocenters. The Kier molecular flexibility index (Phi) is 6.68. The first-order chi connectivity index (χ1) is 12.3. The highest BCUT2D eigenvalue weighted by molar-refractivity contribution is 7.80. The molecule has 1 aliphatic rings. The minimum Gasteiger partial charge on any atom is -0.463 e. The van der Waals surface area contributed by atoms with Crippen LogP contribution in [0, 0.1) is 6.92 Å². The lowest BCUT2D eigenvalue weighted by atomic mass is 10.1. The lowest BCUT2D eigenvalue weighted by Gasteiger charge is -2.36. The smallest absolute Gasteiger partial charge is 0.308 e. The molecule has 26 heavy (non-hydrogen) atoms. The molecule has 1 heterocycles. The fourth-order valence-electron chi connectivity index (χ4n) is 2.58. The van der Waals surface area contributed by atoms with E-state index in [0.29, 0.717) is 18.7 Å². The fraction of sp³-hybridized carbons (Fsp3) is 0.444.